The molecule has 0 fully saturated rings. The average molecular weight is 212 g/mol. The van der Waals surface area contributed by atoms with Crippen molar-refractivity contribution in [3.63, 3.8) is 0 Å². The molecule has 2 rings (SSSR count). The summed E-state index contributed by atoms with van der Waals surface area (Å²) in [5.74, 6) is 0.628. The first-order valence-corrected chi connectivity index (χ1v) is 5.42. The van der Waals surface area contributed by atoms with Gasteiger partial charge in [-0.3, -0.25) is 0 Å². The molecule has 2 aromatic rings. The van der Waals surface area contributed by atoms with Gasteiger partial charge in [0.1, 0.15) is 5.82 Å². The van der Waals surface area contributed by atoms with Crippen LogP contribution in [0.5, 0.6) is 0 Å². The number of benzene rings is 1. The van der Waals surface area contributed by atoms with Gasteiger partial charge in [-0.1, -0.05) is 29.8 Å². The Balaban J connectivity index is 2.34. The molecule has 16 heavy (non-hydrogen) atoms. The summed E-state index contributed by atoms with van der Waals surface area (Å²) in [7, 11) is 0. The van der Waals surface area contributed by atoms with Crippen molar-refractivity contribution in [1.82, 2.24) is 4.98 Å². The SMILES string of the molecule is Cc1ccc(C)c(Cc2cccnc2N)c1. The van der Waals surface area contributed by atoms with Crippen LogP contribution in [0.4, 0.5) is 5.82 Å². The molecule has 0 aliphatic carbocycles. The van der Waals surface area contributed by atoms with E-state index in [1.165, 1.54) is 16.7 Å². The van der Waals surface area contributed by atoms with Crippen LogP contribution in [0.2, 0.25) is 0 Å². The average Bonchev–Trinajstić information content (AvgIpc) is 2.27. The number of nitrogens with two attached hydrogens (primary N) is 1. The van der Waals surface area contributed by atoms with Crippen molar-refractivity contribution < 1.29 is 0 Å². The summed E-state index contributed by atoms with van der Waals surface area (Å²) in [6.07, 6.45) is 2.58. The fourth-order valence-electron chi connectivity index (χ4n) is 1.80. The quantitative estimate of drug-likeness (QED) is 0.831. The lowest BCUT2D eigenvalue weighted by Crippen LogP contribution is -1.99. The highest BCUT2D eigenvalue weighted by molar-refractivity contribution is 5.44. The Hall–Kier alpha value is -1.83. The Kier molecular flexibility index (Phi) is 2.91. The molecule has 0 saturated heterocycles. The molecule has 0 unspecified atom stereocenters. The van der Waals surface area contributed by atoms with Crippen LogP contribution in [0, 0.1) is 13.8 Å². The zero-order valence-corrected chi connectivity index (χ0v) is 9.70. The lowest BCUT2D eigenvalue weighted by molar-refractivity contribution is 1.12. The maximum Gasteiger partial charge on any atom is 0.126 e. The van der Waals surface area contributed by atoms with Crippen LogP contribution in [0.25, 0.3) is 0 Å². The van der Waals surface area contributed by atoms with Gasteiger partial charge in [-0.05, 0) is 36.6 Å². The van der Waals surface area contributed by atoms with Crippen molar-refractivity contribution in [3.05, 3.63) is 58.8 Å². The highest BCUT2D eigenvalue weighted by atomic mass is 14.8. The van der Waals surface area contributed by atoms with E-state index in [1.54, 1.807) is 6.20 Å². The third-order valence-electron chi connectivity index (χ3n) is 2.81. The van der Waals surface area contributed by atoms with Gasteiger partial charge in [0.2, 0.25) is 0 Å². The van der Waals surface area contributed by atoms with Gasteiger partial charge in [-0.15, -0.1) is 0 Å². The minimum Gasteiger partial charge on any atom is -0.383 e. The number of rotatable bonds is 2. The summed E-state index contributed by atoms with van der Waals surface area (Å²) in [4.78, 5) is 4.11. The highest BCUT2D eigenvalue weighted by Gasteiger charge is 2.03. The molecular weight excluding hydrogens is 196 g/mol. The van der Waals surface area contributed by atoms with Gasteiger partial charge in [0.15, 0.2) is 0 Å². The van der Waals surface area contributed by atoms with Gasteiger partial charge >= 0.3 is 0 Å². The number of pyridine rings is 1. The molecule has 2 N–H and O–H groups in total. The van der Waals surface area contributed by atoms with Crippen molar-refractivity contribution in [3.8, 4) is 0 Å². The van der Waals surface area contributed by atoms with Crippen molar-refractivity contribution in [2.75, 3.05) is 5.73 Å². The molecule has 1 aromatic heterocycles. The Labute approximate surface area is 96.1 Å². The standard InChI is InChI=1S/C14H16N2/c1-10-5-6-11(2)13(8-10)9-12-4-3-7-16-14(12)15/h3-8H,9H2,1-2H3,(H2,15,16). The van der Waals surface area contributed by atoms with Crippen LogP contribution in [0.15, 0.2) is 36.5 Å². The molecule has 82 valence electrons. The van der Waals surface area contributed by atoms with Crippen molar-refractivity contribution in [2.24, 2.45) is 0 Å². The van der Waals surface area contributed by atoms with E-state index in [9.17, 15) is 0 Å². The molecule has 2 heteroatoms. The second-order valence-corrected chi connectivity index (χ2v) is 4.15. The van der Waals surface area contributed by atoms with E-state index in [1.807, 2.05) is 12.1 Å². The normalized spacial score (nSPS) is 10.4. The molecule has 0 amide bonds. The fraction of sp³-hybridized carbons (Fsp3) is 0.214. The number of hydrogen-bond donors (Lipinski definition) is 1. The van der Waals surface area contributed by atoms with Gasteiger partial charge in [-0.25, -0.2) is 4.98 Å². The van der Waals surface area contributed by atoms with Gasteiger partial charge in [-0.2, -0.15) is 0 Å². The lowest BCUT2D eigenvalue weighted by Gasteiger charge is -2.08. The van der Waals surface area contributed by atoms with Crippen LogP contribution in [0.1, 0.15) is 22.3 Å². The first kappa shape index (κ1) is 10.7. The van der Waals surface area contributed by atoms with E-state index in [0.717, 1.165) is 12.0 Å². The smallest absolute Gasteiger partial charge is 0.126 e. The molecule has 0 bridgehead atoms. The summed E-state index contributed by atoms with van der Waals surface area (Å²) in [6, 6.07) is 10.4. The topological polar surface area (TPSA) is 38.9 Å². The highest BCUT2D eigenvalue weighted by Crippen LogP contribution is 2.18. The molecule has 1 heterocycles. The maximum atomic E-state index is 5.85. The summed E-state index contributed by atoms with van der Waals surface area (Å²) < 4.78 is 0. The third-order valence-corrected chi connectivity index (χ3v) is 2.81. The Bertz CT molecular complexity index is 504. The van der Waals surface area contributed by atoms with E-state index < -0.39 is 0 Å². The molecule has 1 aromatic carbocycles. The summed E-state index contributed by atoms with van der Waals surface area (Å²) >= 11 is 0. The Morgan fingerprint density at radius 2 is 1.94 bits per heavy atom. The van der Waals surface area contributed by atoms with Crippen LogP contribution >= 0.6 is 0 Å². The third kappa shape index (κ3) is 2.22. The molecule has 0 radical (unpaired) electrons. The summed E-state index contributed by atoms with van der Waals surface area (Å²) in [5, 5.41) is 0. The zero-order valence-electron chi connectivity index (χ0n) is 9.70. The van der Waals surface area contributed by atoms with Crippen molar-refractivity contribution >= 4 is 5.82 Å². The predicted octanol–water partition coefficient (Wildman–Crippen LogP) is 2.87. The summed E-state index contributed by atoms with van der Waals surface area (Å²) in [5.41, 5.74) is 10.8. The predicted molar refractivity (Wildman–Crippen MR) is 67.4 cm³/mol. The van der Waals surface area contributed by atoms with E-state index in [0.29, 0.717) is 5.82 Å². The first-order valence-electron chi connectivity index (χ1n) is 5.42. The minimum atomic E-state index is 0.628. The summed E-state index contributed by atoms with van der Waals surface area (Å²) in [6.45, 7) is 4.23. The number of aryl methyl sites for hydroxylation is 2. The number of nitrogens with zero attached hydrogens (tertiary/aromatic N) is 1. The van der Waals surface area contributed by atoms with Gasteiger partial charge in [0.05, 0.1) is 0 Å². The van der Waals surface area contributed by atoms with Crippen molar-refractivity contribution in [1.29, 1.82) is 0 Å². The Morgan fingerprint density at radius 3 is 2.69 bits per heavy atom. The van der Waals surface area contributed by atoms with E-state index in [4.69, 9.17) is 5.73 Å². The first-order chi connectivity index (χ1) is 7.66. The minimum absolute atomic E-state index is 0.628. The van der Waals surface area contributed by atoms with Crippen LogP contribution in [0.3, 0.4) is 0 Å². The monoisotopic (exact) mass is 212 g/mol. The van der Waals surface area contributed by atoms with Gasteiger partial charge < -0.3 is 5.73 Å². The second-order valence-electron chi connectivity index (χ2n) is 4.15. The molecular formula is C14H16N2. The molecule has 0 aliphatic heterocycles. The van der Waals surface area contributed by atoms with Crippen molar-refractivity contribution in [2.45, 2.75) is 20.3 Å². The van der Waals surface area contributed by atoms with Crippen LogP contribution < -0.4 is 5.73 Å². The second kappa shape index (κ2) is 4.35. The lowest BCUT2D eigenvalue weighted by atomic mass is 9.99. The number of anilines is 1. The molecule has 0 spiro atoms. The number of hydrogen-bond acceptors (Lipinski definition) is 2. The molecule has 0 aliphatic rings. The Morgan fingerprint density at radius 1 is 1.12 bits per heavy atom. The zero-order chi connectivity index (χ0) is 11.5. The molecule has 0 atom stereocenters. The van der Waals surface area contributed by atoms with Gasteiger partial charge in [0.25, 0.3) is 0 Å². The maximum absolute atomic E-state index is 5.85. The number of nitrogen functional groups attached to an aromatic ring is 1. The van der Waals surface area contributed by atoms with Crippen LogP contribution in [-0.4, -0.2) is 4.98 Å². The van der Waals surface area contributed by atoms with Gasteiger partial charge in [0, 0.05) is 12.6 Å². The molecule has 0 saturated carbocycles. The van der Waals surface area contributed by atoms with E-state index in [-0.39, 0.29) is 0 Å². The number of aromatic nitrogens is 1. The van der Waals surface area contributed by atoms with E-state index in [2.05, 4.69) is 37.0 Å². The van der Waals surface area contributed by atoms with Crippen LogP contribution in [-0.2, 0) is 6.42 Å². The largest absolute Gasteiger partial charge is 0.383 e. The fourth-order valence-corrected chi connectivity index (χ4v) is 1.80. The molecule has 2 nitrogen and oxygen atoms in total. The van der Waals surface area contributed by atoms with E-state index >= 15 is 0 Å².